The second-order valence-corrected chi connectivity index (χ2v) is 6.91. The summed E-state index contributed by atoms with van der Waals surface area (Å²) in [7, 11) is 0. The molecule has 26 heavy (non-hydrogen) atoms. The van der Waals surface area contributed by atoms with Crippen LogP contribution in [0, 0.1) is 5.92 Å². The predicted octanol–water partition coefficient (Wildman–Crippen LogP) is 4.77. The van der Waals surface area contributed by atoms with Crippen LogP contribution in [-0.2, 0) is 16.1 Å². The van der Waals surface area contributed by atoms with E-state index in [4.69, 9.17) is 14.2 Å². The molecule has 0 N–H and O–H groups in total. The van der Waals surface area contributed by atoms with Gasteiger partial charge in [-0.2, -0.15) is 0 Å². The highest BCUT2D eigenvalue weighted by atomic mass is 16.6. The third-order valence-corrected chi connectivity index (χ3v) is 4.69. The second kappa shape index (κ2) is 9.27. The lowest BCUT2D eigenvalue weighted by atomic mass is 9.89. The maximum atomic E-state index is 11.9. The number of carbonyl (C=O) groups is 1. The van der Waals surface area contributed by atoms with Crippen molar-refractivity contribution in [3.63, 3.8) is 0 Å². The minimum atomic E-state index is -0.297. The molecule has 0 radical (unpaired) electrons. The summed E-state index contributed by atoms with van der Waals surface area (Å²) in [5.41, 5.74) is 1.12. The van der Waals surface area contributed by atoms with E-state index in [1.807, 2.05) is 42.5 Å². The molecule has 2 aromatic rings. The summed E-state index contributed by atoms with van der Waals surface area (Å²) in [6.45, 7) is 2.71. The zero-order chi connectivity index (χ0) is 18.2. The van der Waals surface area contributed by atoms with Gasteiger partial charge in [-0.05, 0) is 61.4 Å². The summed E-state index contributed by atoms with van der Waals surface area (Å²) in [5.74, 6) is 1.84. The smallest absolute Gasteiger partial charge is 0.344 e. The molecule has 1 aliphatic carbocycles. The van der Waals surface area contributed by atoms with Gasteiger partial charge in [0.1, 0.15) is 24.2 Å². The average Bonchev–Trinajstić information content (AvgIpc) is 2.68. The van der Waals surface area contributed by atoms with Gasteiger partial charge in [0, 0.05) is 0 Å². The molecule has 3 rings (SSSR count). The lowest BCUT2D eigenvalue weighted by Gasteiger charge is -2.25. The van der Waals surface area contributed by atoms with E-state index in [9.17, 15) is 4.79 Å². The lowest BCUT2D eigenvalue weighted by molar-refractivity contribution is -0.153. The highest BCUT2D eigenvalue weighted by Crippen LogP contribution is 2.25. The SMILES string of the molecule is CC1CCC(OC(=O)COc2ccc(OCc3ccccc3)cc2)CC1. The van der Waals surface area contributed by atoms with Crippen LogP contribution in [-0.4, -0.2) is 18.7 Å². The third-order valence-electron chi connectivity index (χ3n) is 4.69. The van der Waals surface area contributed by atoms with Gasteiger partial charge in [0.05, 0.1) is 0 Å². The minimum Gasteiger partial charge on any atom is -0.489 e. The molecule has 0 heterocycles. The minimum absolute atomic E-state index is 0.0519. The van der Waals surface area contributed by atoms with Crippen molar-refractivity contribution in [3.05, 3.63) is 60.2 Å². The Hall–Kier alpha value is -2.49. The summed E-state index contributed by atoms with van der Waals surface area (Å²) in [5, 5.41) is 0. The van der Waals surface area contributed by atoms with Crippen LogP contribution in [0.3, 0.4) is 0 Å². The zero-order valence-corrected chi connectivity index (χ0v) is 15.2. The van der Waals surface area contributed by atoms with E-state index in [0.29, 0.717) is 12.4 Å². The van der Waals surface area contributed by atoms with E-state index in [1.54, 1.807) is 12.1 Å². The fraction of sp³-hybridized carbons (Fsp3) is 0.409. The number of benzene rings is 2. The highest BCUT2D eigenvalue weighted by Gasteiger charge is 2.21. The first-order chi connectivity index (χ1) is 12.7. The van der Waals surface area contributed by atoms with Crippen LogP contribution in [0.5, 0.6) is 11.5 Å². The molecule has 1 fully saturated rings. The Bertz CT molecular complexity index is 673. The molecule has 1 aliphatic rings. The Labute approximate surface area is 155 Å². The number of rotatable bonds is 7. The van der Waals surface area contributed by atoms with Gasteiger partial charge in [-0.25, -0.2) is 4.79 Å². The Kier molecular flexibility index (Phi) is 6.53. The standard InChI is InChI=1S/C22H26O4/c1-17-7-9-21(10-8-17)26-22(23)16-25-20-13-11-19(12-14-20)24-15-18-5-3-2-4-6-18/h2-6,11-14,17,21H,7-10,15-16H2,1H3. The number of hydrogen-bond donors (Lipinski definition) is 0. The van der Waals surface area contributed by atoms with Gasteiger partial charge in [0.15, 0.2) is 6.61 Å². The molecule has 0 atom stereocenters. The normalized spacial score (nSPS) is 19.6. The van der Waals surface area contributed by atoms with Crippen LogP contribution >= 0.6 is 0 Å². The summed E-state index contributed by atoms with van der Waals surface area (Å²) in [6, 6.07) is 17.3. The van der Waals surface area contributed by atoms with E-state index in [2.05, 4.69) is 6.92 Å². The first kappa shape index (κ1) is 18.3. The Balaban J connectivity index is 1.39. The van der Waals surface area contributed by atoms with Crippen LogP contribution in [0.2, 0.25) is 0 Å². The monoisotopic (exact) mass is 354 g/mol. The molecule has 0 spiro atoms. The molecule has 0 unspecified atom stereocenters. The summed E-state index contributed by atoms with van der Waals surface area (Å²) >= 11 is 0. The molecule has 0 bridgehead atoms. The lowest BCUT2D eigenvalue weighted by Crippen LogP contribution is -2.26. The average molecular weight is 354 g/mol. The van der Waals surface area contributed by atoms with Crippen LogP contribution < -0.4 is 9.47 Å². The summed E-state index contributed by atoms with van der Waals surface area (Å²) < 4.78 is 16.7. The van der Waals surface area contributed by atoms with Crippen molar-refractivity contribution >= 4 is 5.97 Å². The van der Waals surface area contributed by atoms with Crippen LogP contribution in [0.1, 0.15) is 38.2 Å². The largest absolute Gasteiger partial charge is 0.489 e. The number of hydrogen-bond acceptors (Lipinski definition) is 4. The molecule has 1 saturated carbocycles. The summed E-state index contributed by atoms with van der Waals surface area (Å²) in [4.78, 5) is 11.9. The summed E-state index contributed by atoms with van der Waals surface area (Å²) in [6.07, 6.45) is 4.23. The van der Waals surface area contributed by atoms with Crippen molar-refractivity contribution in [2.24, 2.45) is 5.92 Å². The van der Waals surface area contributed by atoms with E-state index in [1.165, 1.54) is 0 Å². The van der Waals surface area contributed by atoms with Gasteiger partial charge in [-0.3, -0.25) is 0 Å². The molecule has 0 aliphatic heterocycles. The zero-order valence-electron chi connectivity index (χ0n) is 15.2. The molecule has 4 nitrogen and oxygen atoms in total. The van der Waals surface area contributed by atoms with E-state index in [0.717, 1.165) is 42.9 Å². The molecule has 138 valence electrons. The van der Waals surface area contributed by atoms with Gasteiger partial charge in [-0.1, -0.05) is 37.3 Å². The van der Waals surface area contributed by atoms with Crippen LogP contribution in [0.25, 0.3) is 0 Å². The second-order valence-electron chi connectivity index (χ2n) is 6.91. The van der Waals surface area contributed by atoms with Crippen LogP contribution in [0.4, 0.5) is 0 Å². The van der Waals surface area contributed by atoms with Crippen molar-refractivity contribution in [1.29, 1.82) is 0 Å². The highest BCUT2D eigenvalue weighted by molar-refractivity contribution is 5.71. The molecule has 4 heteroatoms. The molecule has 0 saturated heterocycles. The van der Waals surface area contributed by atoms with Gasteiger partial charge >= 0.3 is 5.97 Å². The molecule has 2 aromatic carbocycles. The van der Waals surface area contributed by atoms with Crippen molar-refractivity contribution in [2.45, 2.75) is 45.3 Å². The van der Waals surface area contributed by atoms with E-state index in [-0.39, 0.29) is 18.7 Å². The molecule has 0 amide bonds. The van der Waals surface area contributed by atoms with Crippen LogP contribution in [0.15, 0.2) is 54.6 Å². The Morgan fingerprint density at radius 1 is 0.885 bits per heavy atom. The first-order valence-electron chi connectivity index (χ1n) is 9.28. The van der Waals surface area contributed by atoms with Crippen molar-refractivity contribution in [2.75, 3.05) is 6.61 Å². The first-order valence-corrected chi connectivity index (χ1v) is 9.28. The van der Waals surface area contributed by atoms with Gasteiger partial charge < -0.3 is 14.2 Å². The number of ether oxygens (including phenoxy) is 3. The fourth-order valence-electron chi connectivity index (χ4n) is 3.08. The number of carbonyl (C=O) groups excluding carboxylic acids is 1. The Morgan fingerprint density at radius 3 is 2.15 bits per heavy atom. The van der Waals surface area contributed by atoms with E-state index < -0.39 is 0 Å². The third kappa shape index (κ3) is 5.80. The van der Waals surface area contributed by atoms with Gasteiger partial charge in [0.25, 0.3) is 0 Å². The molecular formula is C22H26O4. The Morgan fingerprint density at radius 2 is 1.50 bits per heavy atom. The quantitative estimate of drug-likeness (QED) is 0.672. The maximum Gasteiger partial charge on any atom is 0.344 e. The van der Waals surface area contributed by atoms with Crippen molar-refractivity contribution in [1.82, 2.24) is 0 Å². The topological polar surface area (TPSA) is 44.8 Å². The predicted molar refractivity (Wildman–Crippen MR) is 100 cm³/mol. The van der Waals surface area contributed by atoms with Crippen molar-refractivity contribution in [3.8, 4) is 11.5 Å². The molecular weight excluding hydrogens is 328 g/mol. The van der Waals surface area contributed by atoms with Gasteiger partial charge in [0.2, 0.25) is 0 Å². The van der Waals surface area contributed by atoms with Gasteiger partial charge in [-0.15, -0.1) is 0 Å². The number of esters is 1. The van der Waals surface area contributed by atoms with E-state index >= 15 is 0 Å². The fourth-order valence-corrected chi connectivity index (χ4v) is 3.08. The maximum absolute atomic E-state index is 11.9. The van der Waals surface area contributed by atoms with Crippen molar-refractivity contribution < 1.29 is 19.0 Å². The molecule has 0 aromatic heterocycles.